The Hall–Kier alpha value is -2.41. The van der Waals surface area contributed by atoms with Gasteiger partial charge in [0.2, 0.25) is 0 Å². The summed E-state index contributed by atoms with van der Waals surface area (Å²) in [6.07, 6.45) is 3.64. The Kier molecular flexibility index (Phi) is 5.70. The lowest BCUT2D eigenvalue weighted by atomic mass is 10.3. The lowest BCUT2D eigenvalue weighted by molar-refractivity contribution is -0.384. The molecular weight excluding hydrogens is 318 g/mol. The molecule has 0 saturated carbocycles. The number of hydrogen-bond acceptors (Lipinski definition) is 5. The van der Waals surface area contributed by atoms with Crippen molar-refractivity contribution in [3.05, 3.63) is 50.8 Å². The molecule has 0 amide bonds. The maximum Gasteiger partial charge on any atom is 0.271 e. The summed E-state index contributed by atoms with van der Waals surface area (Å²) in [6, 6.07) is 6.13. The van der Waals surface area contributed by atoms with Crippen LogP contribution in [-0.4, -0.2) is 20.9 Å². The largest absolute Gasteiger partial charge is 0.278 e. The summed E-state index contributed by atoms with van der Waals surface area (Å²) in [5.74, 6) is 0. The number of nitro benzene ring substituents is 1. The second-order valence-corrected chi connectivity index (χ2v) is 5.40. The summed E-state index contributed by atoms with van der Waals surface area (Å²) in [7, 11) is 0. The van der Waals surface area contributed by atoms with E-state index in [2.05, 4.69) is 22.5 Å². The minimum Gasteiger partial charge on any atom is -0.278 e. The van der Waals surface area contributed by atoms with Gasteiger partial charge in [0.25, 0.3) is 5.69 Å². The second-order valence-electron chi connectivity index (χ2n) is 5.04. The molecule has 122 valence electrons. The molecule has 0 aliphatic carbocycles. The van der Waals surface area contributed by atoms with E-state index in [4.69, 9.17) is 11.6 Å². The quantitative estimate of drug-likeness (QED) is 0.470. The van der Waals surface area contributed by atoms with Gasteiger partial charge in [-0.3, -0.25) is 20.2 Å². The van der Waals surface area contributed by atoms with E-state index in [1.165, 1.54) is 12.1 Å². The van der Waals surface area contributed by atoms with E-state index < -0.39 is 4.92 Å². The van der Waals surface area contributed by atoms with Crippen LogP contribution < -0.4 is 5.43 Å². The van der Waals surface area contributed by atoms with Gasteiger partial charge in [-0.05, 0) is 19.4 Å². The fourth-order valence-corrected chi connectivity index (χ4v) is 2.34. The maximum absolute atomic E-state index is 10.7. The van der Waals surface area contributed by atoms with Crippen LogP contribution in [0.4, 0.5) is 11.4 Å². The van der Waals surface area contributed by atoms with E-state index >= 15 is 0 Å². The van der Waals surface area contributed by atoms with Crippen LogP contribution >= 0.6 is 11.6 Å². The number of halogens is 1. The normalized spacial score (nSPS) is 11.1. The van der Waals surface area contributed by atoms with Crippen molar-refractivity contribution in [3.63, 3.8) is 0 Å². The van der Waals surface area contributed by atoms with Crippen molar-refractivity contribution in [2.75, 3.05) is 5.43 Å². The zero-order valence-corrected chi connectivity index (χ0v) is 13.7. The first-order chi connectivity index (χ1) is 11.0. The van der Waals surface area contributed by atoms with Gasteiger partial charge >= 0.3 is 0 Å². The minimum atomic E-state index is -0.451. The first-order valence-electron chi connectivity index (χ1n) is 7.29. The molecule has 0 unspecified atom stereocenters. The number of unbranched alkanes of at least 4 members (excludes halogenated alkanes) is 1. The number of non-ortho nitro benzene ring substituents is 1. The summed E-state index contributed by atoms with van der Waals surface area (Å²) in [5, 5.41) is 19.8. The Morgan fingerprint density at radius 3 is 3.00 bits per heavy atom. The van der Waals surface area contributed by atoms with Crippen molar-refractivity contribution in [2.24, 2.45) is 5.10 Å². The van der Waals surface area contributed by atoms with E-state index in [9.17, 15) is 10.1 Å². The van der Waals surface area contributed by atoms with E-state index in [1.54, 1.807) is 23.0 Å². The second kappa shape index (κ2) is 7.73. The number of nitrogens with zero attached hydrogens (tertiary/aromatic N) is 4. The number of aryl methyl sites for hydroxylation is 2. The number of anilines is 1. The molecule has 0 radical (unpaired) electrons. The highest BCUT2D eigenvalue weighted by molar-refractivity contribution is 6.32. The van der Waals surface area contributed by atoms with Crippen LogP contribution in [-0.2, 0) is 6.54 Å². The van der Waals surface area contributed by atoms with Crippen molar-refractivity contribution in [1.82, 2.24) is 9.78 Å². The van der Waals surface area contributed by atoms with Crippen LogP contribution in [0.1, 0.15) is 31.0 Å². The van der Waals surface area contributed by atoms with Crippen LogP contribution in [0.3, 0.4) is 0 Å². The molecule has 1 heterocycles. The molecule has 2 rings (SSSR count). The number of aromatic nitrogens is 2. The Balaban J connectivity index is 2.10. The Morgan fingerprint density at radius 2 is 2.30 bits per heavy atom. The van der Waals surface area contributed by atoms with Crippen LogP contribution in [0.25, 0.3) is 0 Å². The average Bonchev–Trinajstić information content (AvgIpc) is 2.80. The van der Waals surface area contributed by atoms with Gasteiger partial charge in [-0.1, -0.05) is 31.0 Å². The van der Waals surface area contributed by atoms with E-state index in [-0.39, 0.29) is 5.69 Å². The highest BCUT2D eigenvalue weighted by Crippen LogP contribution is 2.19. The molecule has 2 aromatic rings. The summed E-state index contributed by atoms with van der Waals surface area (Å²) < 4.78 is 1.76. The molecule has 0 aliphatic heterocycles. The molecule has 0 bridgehead atoms. The number of rotatable bonds is 7. The van der Waals surface area contributed by atoms with E-state index in [0.29, 0.717) is 10.8 Å². The predicted molar refractivity (Wildman–Crippen MR) is 91.2 cm³/mol. The molecule has 7 nitrogen and oxygen atoms in total. The zero-order chi connectivity index (χ0) is 16.8. The Morgan fingerprint density at radius 1 is 1.52 bits per heavy atom. The maximum atomic E-state index is 10.7. The Labute approximate surface area is 139 Å². The predicted octanol–water partition coefficient (Wildman–Crippen LogP) is 4.00. The monoisotopic (exact) mass is 335 g/mol. The molecule has 8 heteroatoms. The summed E-state index contributed by atoms with van der Waals surface area (Å²) >= 11 is 6.31. The molecule has 0 fully saturated rings. The summed E-state index contributed by atoms with van der Waals surface area (Å²) in [6.45, 7) is 4.74. The SMILES string of the molecule is CCCCn1nc(C)c(/C=N\Nc2cccc([N+](=O)[O-])c2)c1Cl. The van der Waals surface area contributed by atoms with Crippen molar-refractivity contribution >= 4 is 29.2 Å². The third-order valence-electron chi connectivity index (χ3n) is 3.28. The third kappa shape index (κ3) is 4.29. The lowest BCUT2D eigenvalue weighted by Gasteiger charge is -2.01. The number of nitro groups is 1. The van der Waals surface area contributed by atoms with Gasteiger partial charge in [0, 0.05) is 18.7 Å². The number of hydrazone groups is 1. The zero-order valence-electron chi connectivity index (χ0n) is 13.0. The van der Waals surface area contributed by atoms with Gasteiger partial charge in [0.05, 0.1) is 28.1 Å². The highest BCUT2D eigenvalue weighted by atomic mass is 35.5. The van der Waals surface area contributed by atoms with E-state index in [0.717, 1.165) is 30.6 Å². The fourth-order valence-electron chi connectivity index (χ4n) is 2.03. The van der Waals surface area contributed by atoms with Crippen molar-refractivity contribution < 1.29 is 4.92 Å². The van der Waals surface area contributed by atoms with Gasteiger partial charge in [-0.15, -0.1) is 0 Å². The average molecular weight is 336 g/mol. The number of nitrogens with one attached hydrogen (secondary N) is 1. The molecule has 23 heavy (non-hydrogen) atoms. The molecule has 0 saturated heterocycles. The first kappa shape index (κ1) is 17.0. The minimum absolute atomic E-state index is 0.00629. The van der Waals surface area contributed by atoms with Crippen LogP contribution in [0.5, 0.6) is 0 Å². The molecule has 1 aromatic heterocycles. The highest BCUT2D eigenvalue weighted by Gasteiger charge is 2.11. The first-order valence-corrected chi connectivity index (χ1v) is 7.67. The molecule has 1 aromatic carbocycles. The molecule has 0 spiro atoms. The van der Waals surface area contributed by atoms with Gasteiger partial charge in [0.15, 0.2) is 0 Å². The van der Waals surface area contributed by atoms with Gasteiger partial charge in [0.1, 0.15) is 5.15 Å². The third-order valence-corrected chi connectivity index (χ3v) is 3.68. The molecule has 0 atom stereocenters. The van der Waals surface area contributed by atoms with Gasteiger partial charge in [-0.2, -0.15) is 10.2 Å². The van der Waals surface area contributed by atoms with E-state index in [1.807, 2.05) is 6.92 Å². The van der Waals surface area contributed by atoms with Gasteiger partial charge in [-0.25, -0.2) is 0 Å². The topological polar surface area (TPSA) is 85.3 Å². The standard InChI is InChI=1S/C15H18ClN5O2/c1-3-4-8-20-15(16)14(11(2)19-20)10-17-18-12-6-5-7-13(9-12)21(22)23/h5-7,9-10,18H,3-4,8H2,1-2H3/b17-10-. The number of hydrogen-bond donors (Lipinski definition) is 1. The van der Waals surface area contributed by atoms with Crippen molar-refractivity contribution in [2.45, 2.75) is 33.2 Å². The van der Waals surface area contributed by atoms with Crippen molar-refractivity contribution in [3.8, 4) is 0 Å². The molecule has 1 N–H and O–H groups in total. The summed E-state index contributed by atoms with van der Waals surface area (Å²) in [5.41, 5.74) is 4.83. The summed E-state index contributed by atoms with van der Waals surface area (Å²) in [4.78, 5) is 10.3. The van der Waals surface area contributed by atoms with Crippen LogP contribution in [0.2, 0.25) is 5.15 Å². The van der Waals surface area contributed by atoms with Crippen LogP contribution in [0.15, 0.2) is 29.4 Å². The smallest absolute Gasteiger partial charge is 0.271 e. The number of benzene rings is 1. The fraction of sp³-hybridized carbons (Fsp3) is 0.333. The molecular formula is C15H18ClN5O2. The van der Waals surface area contributed by atoms with Crippen molar-refractivity contribution in [1.29, 1.82) is 0 Å². The lowest BCUT2D eigenvalue weighted by Crippen LogP contribution is -2.00. The van der Waals surface area contributed by atoms with Crippen LogP contribution in [0, 0.1) is 17.0 Å². The molecule has 0 aliphatic rings. The van der Waals surface area contributed by atoms with Gasteiger partial charge < -0.3 is 0 Å². The Bertz CT molecular complexity index is 727.